The molecule has 2 aliphatic rings. The highest BCUT2D eigenvalue weighted by atomic mass is 19.4. The second-order valence-corrected chi connectivity index (χ2v) is 8.09. The second kappa shape index (κ2) is 7.83. The monoisotopic (exact) mass is 456 g/mol. The maximum atomic E-state index is 13.7. The van der Waals surface area contributed by atoms with Crippen LogP contribution in [0.25, 0.3) is 0 Å². The molecule has 0 spiro atoms. The number of nitrogens with one attached hydrogen (secondary N) is 2. The van der Waals surface area contributed by atoms with Gasteiger partial charge >= 0.3 is 6.18 Å². The van der Waals surface area contributed by atoms with Crippen molar-refractivity contribution in [3.63, 3.8) is 0 Å². The number of hydrogen-bond donors (Lipinski definition) is 2. The maximum Gasteiger partial charge on any atom is 0.416 e. The van der Waals surface area contributed by atoms with Gasteiger partial charge < -0.3 is 10.6 Å². The number of alkyl halides is 5. The molecule has 0 aromatic heterocycles. The molecule has 1 aliphatic carbocycles. The minimum absolute atomic E-state index is 0.158. The van der Waals surface area contributed by atoms with Crippen molar-refractivity contribution in [2.45, 2.75) is 43.8 Å². The summed E-state index contributed by atoms with van der Waals surface area (Å²) in [5.41, 5.74) is -1.04. The number of carbonyl (C=O) groups excluding carboxylic acids is 2. The fourth-order valence-corrected chi connectivity index (χ4v) is 4.33. The van der Waals surface area contributed by atoms with Crippen molar-refractivity contribution in [3.8, 4) is 0 Å². The summed E-state index contributed by atoms with van der Waals surface area (Å²) in [6.07, 6.45) is -5.15. The first-order valence-corrected chi connectivity index (χ1v) is 9.95. The highest BCUT2D eigenvalue weighted by Crippen LogP contribution is 2.45. The van der Waals surface area contributed by atoms with Crippen LogP contribution in [0.5, 0.6) is 0 Å². The lowest BCUT2D eigenvalue weighted by Crippen LogP contribution is -2.32. The van der Waals surface area contributed by atoms with Crippen LogP contribution in [0.3, 0.4) is 0 Å². The molecule has 2 amide bonds. The van der Waals surface area contributed by atoms with Crippen LogP contribution in [0.4, 0.5) is 32.0 Å². The molecule has 1 saturated carbocycles. The van der Waals surface area contributed by atoms with Gasteiger partial charge in [0.1, 0.15) is 5.82 Å². The van der Waals surface area contributed by atoms with Gasteiger partial charge in [-0.1, -0.05) is 6.07 Å². The Labute approximate surface area is 179 Å². The standard InChI is InChI=1S/C22H18F6N2O2/c23-14-9-12(8-13(10-14)22(26,27)28)19(31)29-16-3-1-2-15-17(16)18(30-20(15)32)11-4-6-21(24,25)7-5-11/h1-3,8-11,18H,4-7H2,(H,29,31)(H,30,32)/t18-/m1/s1. The molecule has 2 aromatic rings. The third-order valence-electron chi connectivity index (χ3n) is 5.92. The van der Waals surface area contributed by atoms with Crippen LogP contribution >= 0.6 is 0 Å². The Morgan fingerprint density at radius 2 is 1.78 bits per heavy atom. The Bertz CT molecular complexity index is 1070. The van der Waals surface area contributed by atoms with Crippen molar-refractivity contribution in [2.24, 2.45) is 5.92 Å². The van der Waals surface area contributed by atoms with Crippen LogP contribution in [0.2, 0.25) is 0 Å². The Hall–Kier alpha value is -3.04. The first-order chi connectivity index (χ1) is 14.9. The summed E-state index contributed by atoms with van der Waals surface area (Å²) < 4.78 is 79.8. The Balaban J connectivity index is 1.64. The average molecular weight is 456 g/mol. The lowest BCUT2D eigenvalue weighted by atomic mass is 9.79. The second-order valence-electron chi connectivity index (χ2n) is 8.09. The van der Waals surface area contributed by atoms with E-state index in [0.29, 0.717) is 17.7 Å². The van der Waals surface area contributed by atoms with Gasteiger partial charge in [-0.2, -0.15) is 13.2 Å². The number of benzene rings is 2. The van der Waals surface area contributed by atoms with Crippen LogP contribution < -0.4 is 10.6 Å². The van der Waals surface area contributed by atoms with Gasteiger partial charge in [-0.25, -0.2) is 13.2 Å². The summed E-state index contributed by atoms with van der Waals surface area (Å²) in [6, 6.07) is 5.34. The first-order valence-electron chi connectivity index (χ1n) is 9.95. The van der Waals surface area contributed by atoms with Crippen molar-refractivity contribution >= 4 is 17.5 Å². The number of rotatable bonds is 3. The average Bonchev–Trinajstić information content (AvgIpc) is 3.04. The normalized spacial score (nSPS) is 20.6. The molecule has 1 fully saturated rings. The Kier molecular flexibility index (Phi) is 5.42. The molecular formula is C22H18F6N2O2. The minimum atomic E-state index is -4.84. The molecule has 1 aliphatic heterocycles. The van der Waals surface area contributed by atoms with Gasteiger partial charge in [-0.05, 0) is 49.1 Å². The molecule has 10 heteroatoms. The molecule has 2 N–H and O–H groups in total. The van der Waals surface area contributed by atoms with E-state index < -0.39 is 46.9 Å². The zero-order chi connectivity index (χ0) is 23.3. The SMILES string of the molecule is O=C(Nc1cccc2c1[C@@H](C1CCC(F)(F)CC1)NC2=O)c1cc(F)cc(C(F)(F)F)c1. The summed E-state index contributed by atoms with van der Waals surface area (Å²) in [6.45, 7) is 0. The summed E-state index contributed by atoms with van der Waals surface area (Å²) in [5.74, 6) is -5.69. The molecule has 4 nitrogen and oxygen atoms in total. The fraction of sp³-hybridized carbons (Fsp3) is 0.364. The van der Waals surface area contributed by atoms with Crippen LogP contribution in [0.1, 0.15) is 63.6 Å². The number of carbonyl (C=O) groups is 2. The van der Waals surface area contributed by atoms with E-state index >= 15 is 0 Å². The van der Waals surface area contributed by atoms with E-state index in [-0.39, 0.29) is 48.9 Å². The van der Waals surface area contributed by atoms with Crippen LogP contribution in [-0.4, -0.2) is 17.7 Å². The van der Waals surface area contributed by atoms with Gasteiger partial charge in [0, 0.05) is 35.2 Å². The largest absolute Gasteiger partial charge is 0.416 e. The van der Waals surface area contributed by atoms with E-state index in [4.69, 9.17) is 0 Å². The predicted molar refractivity (Wildman–Crippen MR) is 103 cm³/mol. The van der Waals surface area contributed by atoms with Crippen molar-refractivity contribution in [1.29, 1.82) is 0 Å². The van der Waals surface area contributed by atoms with E-state index in [1.165, 1.54) is 18.2 Å². The highest BCUT2D eigenvalue weighted by molar-refractivity contribution is 6.07. The van der Waals surface area contributed by atoms with Gasteiger partial charge in [-0.15, -0.1) is 0 Å². The van der Waals surface area contributed by atoms with Crippen molar-refractivity contribution in [1.82, 2.24) is 5.32 Å². The molecule has 1 heterocycles. The van der Waals surface area contributed by atoms with Crippen LogP contribution in [0, 0.1) is 11.7 Å². The van der Waals surface area contributed by atoms with Crippen molar-refractivity contribution < 1.29 is 35.9 Å². The zero-order valence-electron chi connectivity index (χ0n) is 16.5. The number of anilines is 1. The predicted octanol–water partition coefficient (Wildman–Crippen LogP) is 5.71. The van der Waals surface area contributed by atoms with Gasteiger partial charge in [0.05, 0.1) is 11.6 Å². The lowest BCUT2D eigenvalue weighted by Gasteiger charge is -2.32. The third kappa shape index (κ3) is 4.31. The molecule has 0 saturated heterocycles. The molecular weight excluding hydrogens is 438 g/mol. The molecule has 170 valence electrons. The third-order valence-corrected chi connectivity index (χ3v) is 5.92. The topological polar surface area (TPSA) is 58.2 Å². The fourth-order valence-electron chi connectivity index (χ4n) is 4.33. The van der Waals surface area contributed by atoms with E-state index in [1.807, 2.05) is 0 Å². The van der Waals surface area contributed by atoms with Gasteiger partial charge in [0.25, 0.3) is 11.8 Å². The summed E-state index contributed by atoms with van der Waals surface area (Å²) in [5, 5.41) is 5.22. The smallest absolute Gasteiger partial charge is 0.345 e. The zero-order valence-corrected chi connectivity index (χ0v) is 16.5. The summed E-state index contributed by atoms with van der Waals surface area (Å²) in [4.78, 5) is 25.1. The van der Waals surface area contributed by atoms with E-state index in [0.717, 1.165) is 0 Å². The number of fused-ring (bicyclic) bond motifs is 1. The molecule has 4 rings (SSSR count). The van der Waals surface area contributed by atoms with E-state index in [9.17, 15) is 35.9 Å². The Morgan fingerprint density at radius 3 is 2.44 bits per heavy atom. The van der Waals surface area contributed by atoms with Crippen LogP contribution in [0.15, 0.2) is 36.4 Å². The molecule has 32 heavy (non-hydrogen) atoms. The Morgan fingerprint density at radius 1 is 1.09 bits per heavy atom. The minimum Gasteiger partial charge on any atom is -0.345 e. The van der Waals surface area contributed by atoms with Gasteiger partial charge in [-0.3, -0.25) is 9.59 Å². The summed E-state index contributed by atoms with van der Waals surface area (Å²) in [7, 11) is 0. The van der Waals surface area contributed by atoms with Gasteiger partial charge in [0.15, 0.2) is 0 Å². The molecule has 1 atom stereocenters. The van der Waals surface area contributed by atoms with E-state index in [1.54, 1.807) is 0 Å². The number of halogens is 6. The molecule has 0 unspecified atom stereocenters. The van der Waals surface area contributed by atoms with Crippen molar-refractivity contribution in [3.05, 3.63) is 64.5 Å². The number of amides is 2. The summed E-state index contributed by atoms with van der Waals surface area (Å²) >= 11 is 0. The van der Waals surface area contributed by atoms with Crippen molar-refractivity contribution in [2.75, 3.05) is 5.32 Å². The first kappa shape index (κ1) is 22.2. The van der Waals surface area contributed by atoms with Gasteiger partial charge in [0.2, 0.25) is 5.92 Å². The quantitative estimate of drug-likeness (QED) is 0.582. The molecule has 0 bridgehead atoms. The number of hydrogen-bond acceptors (Lipinski definition) is 2. The molecule has 0 radical (unpaired) electrons. The lowest BCUT2D eigenvalue weighted by molar-refractivity contribution is -0.137. The van der Waals surface area contributed by atoms with E-state index in [2.05, 4.69) is 10.6 Å². The highest BCUT2D eigenvalue weighted by Gasteiger charge is 2.42. The maximum absolute atomic E-state index is 13.7. The van der Waals surface area contributed by atoms with Crippen LogP contribution in [-0.2, 0) is 6.18 Å². The molecule has 2 aromatic carbocycles.